The zero-order valence-corrected chi connectivity index (χ0v) is 11.0. The van der Waals surface area contributed by atoms with Crippen LogP contribution in [0.15, 0.2) is 23.2 Å². The molecule has 0 atom stereocenters. The third-order valence-electron chi connectivity index (χ3n) is 2.26. The number of halogens is 2. The molecule has 0 radical (unpaired) electrons. The van der Waals surface area contributed by atoms with Crippen LogP contribution >= 0.6 is 23.2 Å². The molecule has 0 amide bonds. The Morgan fingerprint density at radius 2 is 2.24 bits per heavy atom. The van der Waals surface area contributed by atoms with Crippen molar-refractivity contribution in [1.82, 2.24) is 5.32 Å². The summed E-state index contributed by atoms with van der Waals surface area (Å²) in [5.74, 6) is 0.692. The van der Waals surface area contributed by atoms with E-state index in [4.69, 9.17) is 28.5 Å². The molecule has 3 nitrogen and oxygen atoms in total. The molecule has 1 rings (SSSR count). The number of benzene rings is 1. The molecule has 0 aliphatic rings. The van der Waals surface area contributed by atoms with Crippen LogP contribution in [0.25, 0.3) is 0 Å². The van der Waals surface area contributed by atoms with Gasteiger partial charge in [0.25, 0.3) is 0 Å². The number of nitrogens with zero attached hydrogens (tertiary/aromatic N) is 2. The predicted octanol–water partition coefficient (Wildman–Crippen LogP) is 3.42. The Bertz CT molecular complexity index is 450. The van der Waals surface area contributed by atoms with Crippen molar-refractivity contribution in [2.24, 2.45) is 4.99 Å². The molecular weight excluding hydrogens is 257 g/mol. The van der Waals surface area contributed by atoms with Crippen LogP contribution in [-0.4, -0.2) is 12.4 Å². The van der Waals surface area contributed by atoms with Gasteiger partial charge in [0.1, 0.15) is 5.84 Å². The minimum absolute atomic E-state index is 0.631. The van der Waals surface area contributed by atoms with Crippen LogP contribution in [0.5, 0.6) is 0 Å². The second kappa shape index (κ2) is 7.16. The van der Waals surface area contributed by atoms with Crippen LogP contribution in [0.3, 0.4) is 0 Å². The summed E-state index contributed by atoms with van der Waals surface area (Å²) in [5.41, 5.74) is 1.02. The van der Waals surface area contributed by atoms with Crippen molar-refractivity contribution in [3.8, 4) is 6.19 Å². The molecule has 0 bridgehead atoms. The van der Waals surface area contributed by atoms with Crippen LogP contribution in [0.2, 0.25) is 10.0 Å². The Hall–Kier alpha value is -1.24. The number of hydrogen-bond donors (Lipinski definition) is 1. The topological polar surface area (TPSA) is 48.2 Å². The summed E-state index contributed by atoms with van der Waals surface area (Å²) in [7, 11) is 0. The molecule has 0 heterocycles. The van der Waals surface area contributed by atoms with Gasteiger partial charge in [-0.25, -0.2) is 0 Å². The van der Waals surface area contributed by atoms with Gasteiger partial charge in [-0.15, -0.1) is 0 Å². The van der Waals surface area contributed by atoms with Crippen molar-refractivity contribution in [1.29, 1.82) is 5.26 Å². The molecule has 0 spiro atoms. The molecule has 1 aromatic carbocycles. The van der Waals surface area contributed by atoms with E-state index in [1.165, 1.54) is 0 Å². The maximum absolute atomic E-state index is 8.45. The number of nitrogens with one attached hydrogen (secondary N) is 1. The summed E-state index contributed by atoms with van der Waals surface area (Å²) in [4.78, 5) is 3.67. The highest BCUT2D eigenvalue weighted by Gasteiger charge is 2.01. The number of amidine groups is 1. The van der Waals surface area contributed by atoms with Gasteiger partial charge in [0.2, 0.25) is 6.19 Å². The SMILES string of the molecule is CCC(=NC#N)NCCc1ccc(Cl)cc1Cl. The summed E-state index contributed by atoms with van der Waals surface area (Å²) < 4.78 is 0. The first-order valence-corrected chi connectivity index (χ1v) is 6.06. The van der Waals surface area contributed by atoms with Crippen LogP contribution in [0.1, 0.15) is 18.9 Å². The van der Waals surface area contributed by atoms with Crippen LogP contribution in [0, 0.1) is 11.5 Å². The second-order valence-corrected chi connectivity index (χ2v) is 4.27. The average Bonchev–Trinajstić information content (AvgIpc) is 2.30. The molecule has 1 N–H and O–H groups in total. The van der Waals surface area contributed by atoms with E-state index in [1.807, 2.05) is 19.1 Å². The maximum atomic E-state index is 8.45. The van der Waals surface area contributed by atoms with Crippen LogP contribution in [-0.2, 0) is 6.42 Å². The standard InChI is InChI=1S/C12H13Cl2N3/c1-2-12(17-8-15)16-6-5-9-3-4-10(13)7-11(9)14/h3-4,7H,2,5-6H2,1H3,(H,16,17). The Balaban J connectivity index is 2.51. The van der Waals surface area contributed by atoms with Crippen molar-refractivity contribution in [3.63, 3.8) is 0 Å². The van der Waals surface area contributed by atoms with Crippen molar-refractivity contribution >= 4 is 29.0 Å². The number of nitriles is 1. The Labute approximate surface area is 111 Å². The third-order valence-corrected chi connectivity index (χ3v) is 2.85. The van der Waals surface area contributed by atoms with Crippen molar-refractivity contribution < 1.29 is 0 Å². The van der Waals surface area contributed by atoms with E-state index in [0.29, 0.717) is 28.8 Å². The van der Waals surface area contributed by atoms with Crippen LogP contribution < -0.4 is 5.32 Å². The molecule has 17 heavy (non-hydrogen) atoms. The number of aliphatic imine (C=N–C) groups is 1. The lowest BCUT2D eigenvalue weighted by atomic mass is 10.1. The highest BCUT2D eigenvalue weighted by Crippen LogP contribution is 2.20. The first-order valence-electron chi connectivity index (χ1n) is 5.30. The molecule has 90 valence electrons. The van der Waals surface area contributed by atoms with E-state index in [-0.39, 0.29) is 0 Å². The molecule has 5 heteroatoms. The van der Waals surface area contributed by atoms with Crippen molar-refractivity contribution in [2.75, 3.05) is 6.54 Å². The molecule has 0 saturated heterocycles. The van der Waals surface area contributed by atoms with E-state index in [0.717, 1.165) is 12.0 Å². The van der Waals surface area contributed by atoms with Gasteiger partial charge in [-0.3, -0.25) is 0 Å². The van der Waals surface area contributed by atoms with E-state index in [2.05, 4.69) is 10.3 Å². The molecule has 1 aromatic rings. The normalized spacial score (nSPS) is 11.1. The Kier molecular flexibility index (Phi) is 5.82. The van der Waals surface area contributed by atoms with Crippen molar-refractivity contribution in [3.05, 3.63) is 33.8 Å². The summed E-state index contributed by atoms with van der Waals surface area (Å²) in [6.45, 7) is 2.63. The molecule has 0 aliphatic heterocycles. The summed E-state index contributed by atoms with van der Waals surface area (Å²) >= 11 is 11.9. The molecular formula is C12H13Cl2N3. The van der Waals surface area contributed by atoms with Crippen molar-refractivity contribution in [2.45, 2.75) is 19.8 Å². The minimum atomic E-state index is 0.631. The summed E-state index contributed by atoms with van der Waals surface area (Å²) in [6, 6.07) is 5.44. The van der Waals surface area contributed by atoms with Crippen LogP contribution in [0.4, 0.5) is 0 Å². The number of rotatable bonds is 4. The van der Waals surface area contributed by atoms with Gasteiger partial charge in [0.05, 0.1) is 0 Å². The highest BCUT2D eigenvalue weighted by molar-refractivity contribution is 6.35. The Morgan fingerprint density at radius 1 is 1.47 bits per heavy atom. The molecule has 0 unspecified atom stereocenters. The predicted molar refractivity (Wildman–Crippen MR) is 71.5 cm³/mol. The lowest BCUT2D eigenvalue weighted by Gasteiger charge is -2.07. The summed E-state index contributed by atoms with van der Waals surface area (Å²) in [5, 5.41) is 12.8. The second-order valence-electron chi connectivity index (χ2n) is 3.42. The largest absolute Gasteiger partial charge is 0.372 e. The Morgan fingerprint density at radius 3 is 2.82 bits per heavy atom. The monoisotopic (exact) mass is 269 g/mol. The third kappa shape index (κ3) is 4.64. The first kappa shape index (κ1) is 13.8. The van der Waals surface area contributed by atoms with Gasteiger partial charge in [0, 0.05) is 23.0 Å². The fraction of sp³-hybridized carbons (Fsp3) is 0.333. The van der Waals surface area contributed by atoms with Gasteiger partial charge >= 0.3 is 0 Å². The minimum Gasteiger partial charge on any atom is -0.372 e. The molecule has 0 aliphatic carbocycles. The number of hydrogen-bond acceptors (Lipinski definition) is 2. The lowest BCUT2D eigenvalue weighted by molar-refractivity contribution is 0.850. The van der Waals surface area contributed by atoms with E-state index >= 15 is 0 Å². The highest BCUT2D eigenvalue weighted by atomic mass is 35.5. The lowest BCUT2D eigenvalue weighted by Crippen LogP contribution is -2.24. The van der Waals surface area contributed by atoms with Gasteiger partial charge in [-0.05, 0) is 24.1 Å². The molecule has 0 fully saturated rings. The maximum Gasteiger partial charge on any atom is 0.207 e. The smallest absolute Gasteiger partial charge is 0.207 e. The quantitative estimate of drug-likeness (QED) is 0.517. The fourth-order valence-electron chi connectivity index (χ4n) is 1.37. The van der Waals surface area contributed by atoms with Gasteiger partial charge in [-0.2, -0.15) is 10.3 Å². The summed E-state index contributed by atoms with van der Waals surface area (Å²) in [6.07, 6.45) is 3.24. The molecule has 0 aromatic heterocycles. The molecule has 0 saturated carbocycles. The van der Waals surface area contributed by atoms with E-state index in [1.54, 1.807) is 12.3 Å². The van der Waals surface area contributed by atoms with Gasteiger partial charge < -0.3 is 5.32 Å². The van der Waals surface area contributed by atoms with Gasteiger partial charge in [0.15, 0.2) is 0 Å². The van der Waals surface area contributed by atoms with E-state index < -0.39 is 0 Å². The first-order chi connectivity index (χ1) is 8.17. The van der Waals surface area contributed by atoms with E-state index in [9.17, 15) is 0 Å². The average molecular weight is 270 g/mol. The fourth-order valence-corrected chi connectivity index (χ4v) is 1.87. The van der Waals surface area contributed by atoms with Gasteiger partial charge in [-0.1, -0.05) is 36.2 Å². The zero-order valence-electron chi connectivity index (χ0n) is 9.50. The zero-order chi connectivity index (χ0) is 12.7.